The molecule has 17 heavy (non-hydrogen) atoms. The summed E-state index contributed by atoms with van der Waals surface area (Å²) in [5, 5.41) is 0. The van der Waals surface area contributed by atoms with Gasteiger partial charge >= 0.3 is 0 Å². The number of carbonyl (C=O) groups is 1. The van der Waals surface area contributed by atoms with Crippen LogP contribution >= 0.6 is 0 Å². The summed E-state index contributed by atoms with van der Waals surface area (Å²) in [5.74, 6) is 0.361. The zero-order chi connectivity index (χ0) is 13.9. The first-order valence-electron chi connectivity index (χ1n) is 6.87. The molecule has 0 heterocycles. The van der Waals surface area contributed by atoms with Gasteiger partial charge in [0.25, 0.3) is 0 Å². The van der Waals surface area contributed by atoms with Gasteiger partial charge in [-0.2, -0.15) is 0 Å². The van der Waals surface area contributed by atoms with Gasteiger partial charge in [0.2, 0.25) is 5.91 Å². The molecular weight excluding hydrogens is 210 g/mol. The second-order valence-electron chi connectivity index (χ2n) is 6.89. The lowest BCUT2D eigenvalue weighted by Gasteiger charge is -2.42. The highest BCUT2D eigenvalue weighted by molar-refractivity contribution is 5.77. The maximum absolute atomic E-state index is 11.8. The van der Waals surface area contributed by atoms with Crippen molar-refractivity contribution in [2.75, 3.05) is 0 Å². The smallest absolute Gasteiger partial charge is 0.221 e. The van der Waals surface area contributed by atoms with Crippen LogP contribution in [0.4, 0.5) is 0 Å². The van der Waals surface area contributed by atoms with Crippen LogP contribution in [0.15, 0.2) is 0 Å². The van der Waals surface area contributed by atoms with Gasteiger partial charge in [-0.3, -0.25) is 4.79 Å². The van der Waals surface area contributed by atoms with E-state index in [1.165, 1.54) is 0 Å². The normalized spacial score (nSPS) is 19.5. The first-order valence-corrected chi connectivity index (χ1v) is 6.87. The summed E-state index contributed by atoms with van der Waals surface area (Å²) in [7, 11) is 0. The minimum Gasteiger partial charge on any atom is -0.369 e. The van der Waals surface area contributed by atoms with Gasteiger partial charge in [-0.1, -0.05) is 54.9 Å². The van der Waals surface area contributed by atoms with E-state index in [1.807, 2.05) is 0 Å². The van der Waals surface area contributed by atoms with E-state index in [2.05, 4.69) is 48.5 Å². The number of rotatable bonds is 6. The summed E-state index contributed by atoms with van der Waals surface area (Å²) in [6.07, 6.45) is 2.97. The average Bonchev–Trinajstić information content (AvgIpc) is 2.22. The van der Waals surface area contributed by atoms with Gasteiger partial charge in [0, 0.05) is 5.92 Å². The highest BCUT2D eigenvalue weighted by atomic mass is 16.1. The van der Waals surface area contributed by atoms with Crippen LogP contribution in [0.5, 0.6) is 0 Å². The predicted octanol–water partition coefficient (Wildman–Crippen LogP) is 3.99. The summed E-state index contributed by atoms with van der Waals surface area (Å²) in [5.41, 5.74) is 5.82. The summed E-state index contributed by atoms with van der Waals surface area (Å²) >= 11 is 0. The Morgan fingerprint density at radius 2 is 1.65 bits per heavy atom. The lowest BCUT2D eigenvalue weighted by molar-refractivity contribution is -0.129. The number of hydrogen-bond acceptors (Lipinski definition) is 1. The molecule has 0 rings (SSSR count). The predicted molar refractivity (Wildman–Crippen MR) is 74.6 cm³/mol. The van der Waals surface area contributed by atoms with E-state index in [1.54, 1.807) is 0 Å². The maximum Gasteiger partial charge on any atom is 0.221 e. The molecule has 0 aliphatic rings. The van der Waals surface area contributed by atoms with Crippen molar-refractivity contribution in [3.63, 3.8) is 0 Å². The zero-order valence-electron chi connectivity index (χ0n) is 12.8. The summed E-state index contributed by atoms with van der Waals surface area (Å²) in [6, 6.07) is 0. The van der Waals surface area contributed by atoms with E-state index in [9.17, 15) is 4.79 Å². The summed E-state index contributed by atoms with van der Waals surface area (Å²) in [6.45, 7) is 15.4. The molecule has 3 unspecified atom stereocenters. The van der Waals surface area contributed by atoms with Gasteiger partial charge in [0.05, 0.1) is 0 Å². The average molecular weight is 241 g/mol. The number of carbonyl (C=O) groups excluding carboxylic acids is 1. The van der Waals surface area contributed by atoms with Crippen LogP contribution in [0.1, 0.15) is 67.7 Å². The Bertz CT molecular complexity index is 254. The topological polar surface area (TPSA) is 43.1 Å². The summed E-state index contributed by atoms with van der Waals surface area (Å²) in [4.78, 5) is 11.8. The fourth-order valence-corrected chi connectivity index (χ4v) is 2.68. The minimum atomic E-state index is -0.135. The Hall–Kier alpha value is -0.530. The van der Waals surface area contributed by atoms with Gasteiger partial charge in [-0.25, -0.2) is 0 Å². The third-order valence-corrected chi connectivity index (χ3v) is 4.46. The molecule has 0 bridgehead atoms. The van der Waals surface area contributed by atoms with Crippen LogP contribution in [-0.2, 0) is 4.79 Å². The van der Waals surface area contributed by atoms with Crippen molar-refractivity contribution in [2.45, 2.75) is 67.7 Å². The van der Waals surface area contributed by atoms with E-state index in [0.29, 0.717) is 5.92 Å². The monoisotopic (exact) mass is 241 g/mol. The molecule has 0 spiro atoms. The van der Waals surface area contributed by atoms with Crippen molar-refractivity contribution in [3.8, 4) is 0 Å². The Labute approximate surface area is 107 Å². The molecule has 0 aromatic carbocycles. The Balaban J connectivity index is 5.20. The van der Waals surface area contributed by atoms with Gasteiger partial charge < -0.3 is 5.73 Å². The standard InChI is InChI=1S/C15H31NO/c1-8-11(3)15(7,9-2)12(13(16)17)10-14(4,5)6/h11-12H,8-10H2,1-7H3,(H2,16,17). The highest BCUT2D eigenvalue weighted by Crippen LogP contribution is 2.45. The molecule has 0 saturated carbocycles. The van der Waals surface area contributed by atoms with Crippen molar-refractivity contribution in [1.82, 2.24) is 0 Å². The lowest BCUT2D eigenvalue weighted by Crippen LogP contribution is -2.43. The lowest BCUT2D eigenvalue weighted by atomic mass is 9.62. The fraction of sp³-hybridized carbons (Fsp3) is 0.933. The molecular formula is C15H31NO. The molecule has 1 amide bonds. The van der Waals surface area contributed by atoms with Gasteiger partial charge in [0.1, 0.15) is 0 Å². The van der Waals surface area contributed by atoms with Crippen LogP contribution in [0, 0.1) is 22.7 Å². The molecule has 0 radical (unpaired) electrons. The van der Waals surface area contributed by atoms with Crippen LogP contribution < -0.4 is 5.73 Å². The molecule has 0 aromatic heterocycles. The molecule has 0 saturated heterocycles. The van der Waals surface area contributed by atoms with Crippen molar-refractivity contribution in [3.05, 3.63) is 0 Å². The zero-order valence-corrected chi connectivity index (χ0v) is 12.8. The largest absolute Gasteiger partial charge is 0.369 e. The molecule has 3 atom stereocenters. The van der Waals surface area contributed by atoms with Gasteiger partial charge in [0.15, 0.2) is 0 Å². The SMILES string of the molecule is CCC(C)C(C)(CC)C(CC(C)(C)C)C(N)=O. The van der Waals surface area contributed by atoms with E-state index < -0.39 is 0 Å². The van der Waals surface area contributed by atoms with Crippen molar-refractivity contribution in [2.24, 2.45) is 28.4 Å². The Kier molecular flexibility index (Phi) is 5.70. The van der Waals surface area contributed by atoms with Crippen molar-refractivity contribution in [1.29, 1.82) is 0 Å². The van der Waals surface area contributed by atoms with E-state index in [0.717, 1.165) is 19.3 Å². The fourth-order valence-electron chi connectivity index (χ4n) is 2.68. The van der Waals surface area contributed by atoms with Crippen LogP contribution in [0.2, 0.25) is 0 Å². The molecule has 0 aromatic rings. The van der Waals surface area contributed by atoms with Crippen molar-refractivity contribution >= 4 is 5.91 Å². The first-order chi connectivity index (χ1) is 7.58. The number of primary amides is 1. The molecule has 102 valence electrons. The second kappa shape index (κ2) is 5.88. The molecule has 0 aliphatic heterocycles. The Morgan fingerprint density at radius 3 is 1.88 bits per heavy atom. The molecule has 0 aliphatic carbocycles. The summed E-state index contributed by atoms with van der Waals surface area (Å²) < 4.78 is 0. The highest BCUT2D eigenvalue weighted by Gasteiger charge is 2.41. The van der Waals surface area contributed by atoms with Crippen LogP contribution in [0.25, 0.3) is 0 Å². The minimum absolute atomic E-state index is 0.0217. The van der Waals surface area contributed by atoms with Crippen LogP contribution in [0.3, 0.4) is 0 Å². The number of hydrogen-bond donors (Lipinski definition) is 1. The van der Waals surface area contributed by atoms with E-state index in [4.69, 9.17) is 5.73 Å². The number of nitrogens with two attached hydrogens (primary N) is 1. The quantitative estimate of drug-likeness (QED) is 0.751. The Morgan fingerprint density at radius 1 is 1.18 bits per heavy atom. The number of amides is 1. The van der Waals surface area contributed by atoms with Crippen molar-refractivity contribution < 1.29 is 4.79 Å². The molecule has 2 nitrogen and oxygen atoms in total. The second-order valence-corrected chi connectivity index (χ2v) is 6.89. The maximum atomic E-state index is 11.8. The third-order valence-electron chi connectivity index (χ3n) is 4.46. The first kappa shape index (κ1) is 16.5. The van der Waals surface area contributed by atoms with Crippen LogP contribution in [-0.4, -0.2) is 5.91 Å². The molecule has 2 heteroatoms. The molecule has 2 N–H and O–H groups in total. The van der Waals surface area contributed by atoms with Gasteiger partial charge in [-0.15, -0.1) is 0 Å². The molecule has 0 fully saturated rings. The van der Waals surface area contributed by atoms with E-state index in [-0.39, 0.29) is 22.7 Å². The van der Waals surface area contributed by atoms with E-state index >= 15 is 0 Å². The van der Waals surface area contributed by atoms with Gasteiger partial charge in [-0.05, 0) is 29.6 Å². The third kappa shape index (κ3) is 4.33.